The molecule has 1 aliphatic heterocycles. The van der Waals surface area contributed by atoms with Gasteiger partial charge in [0.15, 0.2) is 0 Å². The molecule has 2 aromatic carbocycles. The standard InChI is InChI=1S/C22H30N2O.ClH/c1-3-7-20-18-19(10-11-22(20)25-2)12-13-23-14-16-24(17-15-23)21-8-5-4-6-9-21;/h4-6,8-11,18H,3,7,12-17H2,1-2H3;1H. The number of methoxy groups -OCH3 is 1. The minimum atomic E-state index is 0. The molecule has 1 aliphatic rings. The number of halogens is 1. The molecule has 0 N–H and O–H groups in total. The molecule has 0 unspecified atom stereocenters. The van der Waals surface area contributed by atoms with Gasteiger partial charge in [-0.05, 0) is 42.2 Å². The molecule has 1 fully saturated rings. The van der Waals surface area contributed by atoms with E-state index in [2.05, 4.69) is 65.3 Å². The fourth-order valence-electron chi connectivity index (χ4n) is 3.61. The number of nitrogens with zero attached hydrogens (tertiary/aromatic N) is 2. The highest BCUT2D eigenvalue weighted by Crippen LogP contribution is 2.22. The Morgan fingerprint density at radius 1 is 0.923 bits per heavy atom. The van der Waals surface area contributed by atoms with Gasteiger partial charge in [-0.25, -0.2) is 0 Å². The molecule has 1 heterocycles. The number of ether oxygens (including phenoxy) is 1. The van der Waals surface area contributed by atoms with Crippen LogP contribution in [0.3, 0.4) is 0 Å². The maximum Gasteiger partial charge on any atom is 0.122 e. The lowest BCUT2D eigenvalue weighted by molar-refractivity contribution is 0.261. The highest BCUT2D eigenvalue weighted by Gasteiger charge is 2.16. The highest BCUT2D eigenvalue weighted by atomic mass is 35.5. The van der Waals surface area contributed by atoms with Crippen molar-refractivity contribution < 1.29 is 4.74 Å². The summed E-state index contributed by atoms with van der Waals surface area (Å²) in [7, 11) is 1.76. The molecule has 0 aliphatic carbocycles. The molecule has 0 spiro atoms. The summed E-state index contributed by atoms with van der Waals surface area (Å²) in [5, 5.41) is 0. The number of benzene rings is 2. The van der Waals surface area contributed by atoms with Gasteiger partial charge in [-0.2, -0.15) is 0 Å². The van der Waals surface area contributed by atoms with Gasteiger partial charge in [0.2, 0.25) is 0 Å². The molecule has 1 saturated heterocycles. The van der Waals surface area contributed by atoms with Crippen molar-refractivity contribution >= 4 is 18.1 Å². The number of rotatable bonds is 7. The third-order valence-corrected chi connectivity index (χ3v) is 5.07. The van der Waals surface area contributed by atoms with Crippen LogP contribution in [0, 0.1) is 0 Å². The van der Waals surface area contributed by atoms with Crippen molar-refractivity contribution in [1.29, 1.82) is 0 Å². The van der Waals surface area contributed by atoms with Gasteiger partial charge in [0.05, 0.1) is 7.11 Å². The van der Waals surface area contributed by atoms with E-state index in [-0.39, 0.29) is 12.4 Å². The van der Waals surface area contributed by atoms with E-state index in [4.69, 9.17) is 4.74 Å². The van der Waals surface area contributed by atoms with Gasteiger partial charge >= 0.3 is 0 Å². The fourth-order valence-corrected chi connectivity index (χ4v) is 3.61. The quantitative estimate of drug-likeness (QED) is 0.712. The summed E-state index contributed by atoms with van der Waals surface area (Å²) in [5.41, 5.74) is 4.12. The number of para-hydroxylation sites is 1. The SMILES string of the molecule is CCCc1cc(CCN2CCN(c3ccccc3)CC2)ccc1OC.Cl. The molecule has 4 heteroatoms. The van der Waals surface area contributed by atoms with Crippen molar-refractivity contribution in [3.8, 4) is 5.75 Å². The largest absolute Gasteiger partial charge is 0.496 e. The molecule has 3 nitrogen and oxygen atoms in total. The van der Waals surface area contributed by atoms with E-state index in [1.54, 1.807) is 7.11 Å². The van der Waals surface area contributed by atoms with E-state index < -0.39 is 0 Å². The van der Waals surface area contributed by atoms with Gasteiger partial charge < -0.3 is 9.64 Å². The second-order valence-electron chi connectivity index (χ2n) is 6.81. The van der Waals surface area contributed by atoms with Crippen molar-refractivity contribution in [2.75, 3.05) is 44.7 Å². The average molecular weight is 375 g/mol. The number of hydrogen-bond donors (Lipinski definition) is 0. The van der Waals surface area contributed by atoms with Crippen LogP contribution in [0.25, 0.3) is 0 Å². The van der Waals surface area contributed by atoms with Crippen molar-refractivity contribution in [2.24, 2.45) is 0 Å². The zero-order valence-corrected chi connectivity index (χ0v) is 16.8. The van der Waals surface area contributed by atoms with Crippen molar-refractivity contribution in [3.05, 3.63) is 59.7 Å². The second kappa shape index (κ2) is 10.4. The molecule has 0 bridgehead atoms. The summed E-state index contributed by atoms with van der Waals surface area (Å²) in [6, 6.07) is 17.4. The Balaban J connectivity index is 0.00000243. The topological polar surface area (TPSA) is 15.7 Å². The van der Waals surface area contributed by atoms with E-state index in [1.807, 2.05) is 0 Å². The van der Waals surface area contributed by atoms with Crippen LogP contribution in [0.4, 0.5) is 5.69 Å². The normalized spacial score (nSPS) is 14.8. The van der Waals surface area contributed by atoms with Crippen LogP contribution in [0.1, 0.15) is 24.5 Å². The molecule has 0 aromatic heterocycles. The van der Waals surface area contributed by atoms with Gasteiger partial charge in [-0.3, -0.25) is 4.90 Å². The smallest absolute Gasteiger partial charge is 0.122 e. The summed E-state index contributed by atoms with van der Waals surface area (Å²) >= 11 is 0. The molecular weight excluding hydrogens is 344 g/mol. The van der Waals surface area contributed by atoms with Crippen molar-refractivity contribution in [2.45, 2.75) is 26.2 Å². The lowest BCUT2D eigenvalue weighted by Crippen LogP contribution is -2.46. The van der Waals surface area contributed by atoms with Crippen LogP contribution >= 0.6 is 12.4 Å². The molecule has 0 radical (unpaired) electrons. The van der Waals surface area contributed by atoms with Crippen LogP contribution in [-0.4, -0.2) is 44.7 Å². The maximum atomic E-state index is 5.49. The Kier molecular flexibility index (Phi) is 8.27. The molecule has 142 valence electrons. The molecule has 0 saturated carbocycles. The Hall–Kier alpha value is -1.71. The Morgan fingerprint density at radius 2 is 1.65 bits per heavy atom. The molecule has 0 atom stereocenters. The highest BCUT2D eigenvalue weighted by molar-refractivity contribution is 5.85. The van der Waals surface area contributed by atoms with Gasteiger partial charge in [0, 0.05) is 38.4 Å². The average Bonchev–Trinajstić information content (AvgIpc) is 2.68. The monoisotopic (exact) mass is 374 g/mol. The summed E-state index contributed by atoms with van der Waals surface area (Å²) in [6.45, 7) is 7.89. The number of hydrogen-bond acceptors (Lipinski definition) is 3. The summed E-state index contributed by atoms with van der Waals surface area (Å²) < 4.78 is 5.49. The number of aryl methyl sites for hydroxylation is 1. The Morgan fingerprint density at radius 3 is 2.31 bits per heavy atom. The number of anilines is 1. The maximum absolute atomic E-state index is 5.49. The van der Waals surface area contributed by atoms with Crippen LogP contribution in [0.5, 0.6) is 5.75 Å². The van der Waals surface area contributed by atoms with Gasteiger partial charge in [0.25, 0.3) is 0 Å². The first kappa shape index (κ1) is 20.6. The van der Waals surface area contributed by atoms with E-state index in [9.17, 15) is 0 Å². The summed E-state index contributed by atoms with van der Waals surface area (Å²) in [6.07, 6.45) is 3.36. The van der Waals surface area contributed by atoms with E-state index in [1.165, 1.54) is 16.8 Å². The van der Waals surface area contributed by atoms with E-state index in [0.29, 0.717) is 0 Å². The van der Waals surface area contributed by atoms with E-state index in [0.717, 1.165) is 57.7 Å². The molecule has 26 heavy (non-hydrogen) atoms. The van der Waals surface area contributed by atoms with Crippen LogP contribution in [0.15, 0.2) is 48.5 Å². The van der Waals surface area contributed by atoms with E-state index >= 15 is 0 Å². The fraction of sp³-hybridized carbons (Fsp3) is 0.455. The first-order chi connectivity index (χ1) is 12.3. The van der Waals surface area contributed by atoms with Crippen LogP contribution in [-0.2, 0) is 12.8 Å². The minimum Gasteiger partial charge on any atom is -0.496 e. The van der Waals surface area contributed by atoms with Crippen molar-refractivity contribution in [3.63, 3.8) is 0 Å². The zero-order valence-electron chi connectivity index (χ0n) is 16.0. The molecule has 0 amide bonds. The van der Waals surface area contributed by atoms with Gasteiger partial charge in [-0.15, -0.1) is 12.4 Å². The molecule has 2 aromatic rings. The molecular formula is C22H31ClN2O. The van der Waals surface area contributed by atoms with Gasteiger partial charge in [0.1, 0.15) is 5.75 Å². The minimum absolute atomic E-state index is 0. The third-order valence-electron chi connectivity index (χ3n) is 5.07. The number of piperazine rings is 1. The lowest BCUT2D eigenvalue weighted by atomic mass is 10.0. The van der Waals surface area contributed by atoms with Gasteiger partial charge in [-0.1, -0.05) is 43.7 Å². The zero-order chi connectivity index (χ0) is 17.5. The predicted octanol–water partition coefficient (Wildman–Crippen LogP) is 4.43. The van der Waals surface area contributed by atoms with Crippen LogP contribution < -0.4 is 9.64 Å². The predicted molar refractivity (Wildman–Crippen MR) is 113 cm³/mol. The first-order valence-corrected chi connectivity index (χ1v) is 9.48. The summed E-state index contributed by atoms with van der Waals surface area (Å²) in [5.74, 6) is 1.03. The second-order valence-corrected chi connectivity index (χ2v) is 6.81. The Labute approximate surface area is 164 Å². The lowest BCUT2D eigenvalue weighted by Gasteiger charge is -2.36. The molecule has 3 rings (SSSR count). The first-order valence-electron chi connectivity index (χ1n) is 9.48. The van der Waals surface area contributed by atoms with Crippen molar-refractivity contribution in [1.82, 2.24) is 4.90 Å². The van der Waals surface area contributed by atoms with Crippen LogP contribution in [0.2, 0.25) is 0 Å². The third kappa shape index (κ3) is 5.39. The summed E-state index contributed by atoms with van der Waals surface area (Å²) in [4.78, 5) is 5.08. The Bertz CT molecular complexity index is 654.